The van der Waals surface area contributed by atoms with Gasteiger partial charge in [-0.3, -0.25) is 4.79 Å². The molecule has 140 valence electrons. The number of anilines is 1. The Balaban J connectivity index is 2.17. The first kappa shape index (κ1) is 19.9. The van der Waals surface area contributed by atoms with E-state index in [1.807, 2.05) is 38.1 Å². The van der Waals surface area contributed by atoms with Crippen molar-refractivity contribution in [2.75, 3.05) is 24.9 Å². The van der Waals surface area contributed by atoms with Crippen molar-refractivity contribution >= 4 is 21.8 Å². The van der Waals surface area contributed by atoms with Crippen molar-refractivity contribution in [3.8, 4) is 0 Å². The van der Waals surface area contributed by atoms with E-state index in [4.69, 9.17) is 0 Å². The average molecular weight is 375 g/mol. The fourth-order valence-corrected chi connectivity index (χ4v) is 3.52. The number of nitrogens with one attached hydrogen (secondary N) is 1. The summed E-state index contributed by atoms with van der Waals surface area (Å²) in [5.41, 5.74) is 2.55. The maximum atomic E-state index is 12.6. The normalized spacial score (nSPS) is 12.7. The van der Waals surface area contributed by atoms with E-state index < -0.39 is 10.2 Å². The molecule has 6 nitrogen and oxygen atoms in total. The predicted octanol–water partition coefficient (Wildman–Crippen LogP) is 2.49. The van der Waals surface area contributed by atoms with E-state index in [9.17, 15) is 13.2 Å². The number of nitrogens with zero attached hydrogens (tertiary/aromatic N) is 2. The molecule has 0 heterocycles. The third kappa shape index (κ3) is 4.83. The van der Waals surface area contributed by atoms with Crippen molar-refractivity contribution in [2.45, 2.75) is 19.9 Å². The Morgan fingerprint density at radius 1 is 1.04 bits per heavy atom. The summed E-state index contributed by atoms with van der Waals surface area (Å²) in [4.78, 5) is 12.5. The van der Waals surface area contributed by atoms with Crippen LogP contribution >= 0.6 is 0 Å². The van der Waals surface area contributed by atoms with Crippen molar-refractivity contribution in [3.63, 3.8) is 0 Å². The lowest BCUT2D eigenvalue weighted by Gasteiger charge is -2.27. The highest BCUT2D eigenvalue weighted by Crippen LogP contribution is 2.19. The zero-order valence-electron chi connectivity index (χ0n) is 15.5. The number of hydrogen-bond donors (Lipinski definition) is 1. The van der Waals surface area contributed by atoms with Crippen LogP contribution in [-0.2, 0) is 15.0 Å². The zero-order chi connectivity index (χ0) is 19.3. The van der Waals surface area contributed by atoms with Crippen LogP contribution in [0.4, 0.5) is 5.69 Å². The van der Waals surface area contributed by atoms with Gasteiger partial charge in [0.25, 0.3) is 0 Å². The number of carbonyl (C=O) groups excluding carboxylic acids is 1. The lowest BCUT2D eigenvalue weighted by molar-refractivity contribution is -0.120. The quantitative estimate of drug-likeness (QED) is 0.808. The molecule has 0 saturated heterocycles. The Labute approximate surface area is 155 Å². The SMILES string of the molecule is Cc1ccc([C@H](C)NC(=O)CN(c2ccccc2)S(=O)(=O)N(C)C)cc1. The summed E-state index contributed by atoms with van der Waals surface area (Å²) in [5, 5.41) is 2.86. The third-order valence-electron chi connectivity index (χ3n) is 4.03. The van der Waals surface area contributed by atoms with Crippen LogP contribution in [0.1, 0.15) is 24.1 Å². The molecule has 0 saturated carbocycles. The molecule has 0 aliphatic heterocycles. The monoisotopic (exact) mass is 375 g/mol. The van der Waals surface area contributed by atoms with E-state index in [0.717, 1.165) is 19.7 Å². The van der Waals surface area contributed by atoms with Gasteiger partial charge in [0.05, 0.1) is 11.7 Å². The Kier molecular flexibility index (Phi) is 6.39. The number of benzene rings is 2. The van der Waals surface area contributed by atoms with Crippen LogP contribution in [0.15, 0.2) is 54.6 Å². The molecule has 26 heavy (non-hydrogen) atoms. The lowest BCUT2D eigenvalue weighted by Crippen LogP contribution is -2.46. The van der Waals surface area contributed by atoms with Crippen molar-refractivity contribution in [2.24, 2.45) is 0 Å². The first-order valence-electron chi connectivity index (χ1n) is 8.33. The molecule has 0 fully saturated rings. The first-order valence-corrected chi connectivity index (χ1v) is 9.72. The maximum Gasteiger partial charge on any atom is 0.304 e. The summed E-state index contributed by atoms with van der Waals surface area (Å²) in [5.74, 6) is -0.368. The molecule has 0 spiro atoms. The minimum atomic E-state index is -3.79. The number of rotatable bonds is 7. The van der Waals surface area contributed by atoms with Gasteiger partial charge < -0.3 is 5.32 Å². The summed E-state index contributed by atoms with van der Waals surface area (Å²) in [7, 11) is -0.902. The Morgan fingerprint density at radius 2 is 1.62 bits per heavy atom. The van der Waals surface area contributed by atoms with E-state index in [0.29, 0.717) is 5.69 Å². The molecule has 1 N–H and O–H groups in total. The van der Waals surface area contributed by atoms with Crippen molar-refractivity contribution < 1.29 is 13.2 Å². The zero-order valence-corrected chi connectivity index (χ0v) is 16.3. The molecule has 0 aliphatic rings. The van der Waals surface area contributed by atoms with Crippen LogP contribution in [0.5, 0.6) is 0 Å². The van der Waals surface area contributed by atoms with Gasteiger partial charge >= 0.3 is 10.2 Å². The molecule has 2 aromatic rings. The second kappa shape index (κ2) is 8.33. The highest BCUT2D eigenvalue weighted by atomic mass is 32.2. The minimum absolute atomic E-state index is 0.220. The summed E-state index contributed by atoms with van der Waals surface area (Å²) in [6.07, 6.45) is 0. The number of carbonyl (C=O) groups is 1. The molecule has 0 aromatic heterocycles. The third-order valence-corrected chi connectivity index (χ3v) is 5.85. The number of amides is 1. The van der Waals surface area contributed by atoms with Crippen LogP contribution in [0.3, 0.4) is 0 Å². The smallest absolute Gasteiger partial charge is 0.304 e. The molecule has 2 aromatic carbocycles. The number of aryl methyl sites for hydroxylation is 1. The molecule has 1 amide bonds. The van der Waals surface area contributed by atoms with E-state index in [2.05, 4.69) is 5.32 Å². The van der Waals surface area contributed by atoms with E-state index in [-0.39, 0.29) is 18.5 Å². The molecule has 0 aliphatic carbocycles. The van der Waals surface area contributed by atoms with Crippen molar-refractivity contribution in [3.05, 3.63) is 65.7 Å². The Hall–Kier alpha value is -2.38. The van der Waals surface area contributed by atoms with Crippen molar-refractivity contribution in [1.82, 2.24) is 9.62 Å². The molecule has 1 atom stereocenters. The second-order valence-electron chi connectivity index (χ2n) is 6.33. The van der Waals surface area contributed by atoms with Gasteiger partial charge in [-0.15, -0.1) is 0 Å². The van der Waals surface area contributed by atoms with Gasteiger partial charge in [-0.25, -0.2) is 4.31 Å². The molecule has 0 unspecified atom stereocenters. The fourth-order valence-electron chi connectivity index (χ4n) is 2.45. The highest BCUT2D eigenvalue weighted by Gasteiger charge is 2.27. The first-order chi connectivity index (χ1) is 12.2. The lowest BCUT2D eigenvalue weighted by atomic mass is 10.1. The average Bonchev–Trinajstić information content (AvgIpc) is 2.60. The highest BCUT2D eigenvalue weighted by molar-refractivity contribution is 7.90. The van der Waals surface area contributed by atoms with Gasteiger partial charge in [-0.1, -0.05) is 48.0 Å². The van der Waals surface area contributed by atoms with Crippen LogP contribution in [-0.4, -0.2) is 39.3 Å². The van der Waals surface area contributed by atoms with Gasteiger partial charge in [0, 0.05) is 14.1 Å². The summed E-state index contributed by atoms with van der Waals surface area (Å²) in [6.45, 7) is 3.58. The van der Waals surface area contributed by atoms with Gasteiger partial charge in [0.1, 0.15) is 6.54 Å². The molecule has 2 rings (SSSR count). The Bertz CT molecular complexity index is 834. The van der Waals surface area contributed by atoms with Gasteiger partial charge in [0.2, 0.25) is 5.91 Å². The topological polar surface area (TPSA) is 69.7 Å². The van der Waals surface area contributed by atoms with Crippen molar-refractivity contribution in [1.29, 1.82) is 0 Å². The van der Waals surface area contributed by atoms with Crippen LogP contribution in [0, 0.1) is 6.92 Å². The molecule has 0 radical (unpaired) electrons. The van der Waals surface area contributed by atoms with E-state index in [1.165, 1.54) is 14.1 Å². The van der Waals surface area contributed by atoms with Crippen LogP contribution in [0.2, 0.25) is 0 Å². The van der Waals surface area contributed by atoms with Gasteiger partial charge in [-0.05, 0) is 31.5 Å². The van der Waals surface area contributed by atoms with Crippen LogP contribution < -0.4 is 9.62 Å². The predicted molar refractivity (Wildman–Crippen MR) is 104 cm³/mol. The van der Waals surface area contributed by atoms with E-state index >= 15 is 0 Å². The molecular weight excluding hydrogens is 350 g/mol. The van der Waals surface area contributed by atoms with Crippen LogP contribution in [0.25, 0.3) is 0 Å². The number of hydrogen-bond acceptors (Lipinski definition) is 3. The molecule has 0 bridgehead atoms. The standard InChI is InChI=1S/C19H25N3O3S/c1-15-10-12-17(13-11-15)16(2)20-19(23)14-22(26(24,25)21(3)4)18-8-6-5-7-9-18/h5-13,16H,14H2,1-4H3,(H,20,23)/t16-/m0/s1. The second-order valence-corrected chi connectivity index (χ2v) is 8.40. The molecular formula is C19H25N3O3S. The maximum absolute atomic E-state index is 12.6. The molecule has 7 heteroatoms. The minimum Gasteiger partial charge on any atom is -0.348 e. The van der Waals surface area contributed by atoms with E-state index in [1.54, 1.807) is 30.3 Å². The summed E-state index contributed by atoms with van der Waals surface area (Å²) in [6, 6.07) is 16.2. The number of para-hydroxylation sites is 1. The van der Waals surface area contributed by atoms with Gasteiger partial charge in [-0.2, -0.15) is 12.7 Å². The summed E-state index contributed by atoms with van der Waals surface area (Å²) < 4.78 is 27.5. The largest absolute Gasteiger partial charge is 0.348 e. The Morgan fingerprint density at radius 3 is 2.15 bits per heavy atom. The summed E-state index contributed by atoms with van der Waals surface area (Å²) >= 11 is 0. The fraction of sp³-hybridized carbons (Fsp3) is 0.316. The van der Waals surface area contributed by atoms with Gasteiger partial charge in [0.15, 0.2) is 0 Å².